The van der Waals surface area contributed by atoms with Crippen LogP contribution >= 0.6 is 0 Å². The molecule has 27 heavy (non-hydrogen) atoms. The van der Waals surface area contributed by atoms with E-state index in [1.54, 1.807) is 24.3 Å². The minimum absolute atomic E-state index is 0.110. The van der Waals surface area contributed by atoms with Gasteiger partial charge in [-0.05, 0) is 29.8 Å². The van der Waals surface area contributed by atoms with Crippen LogP contribution in [0, 0.1) is 0 Å². The van der Waals surface area contributed by atoms with Gasteiger partial charge in [0, 0.05) is 19.2 Å². The zero-order chi connectivity index (χ0) is 19.9. The van der Waals surface area contributed by atoms with Crippen LogP contribution in [0.15, 0.2) is 54.6 Å². The molecule has 144 valence electrons. The Bertz CT molecular complexity index is 881. The first-order chi connectivity index (χ1) is 12.8. The molecule has 0 radical (unpaired) electrons. The summed E-state index contributed by atoms with van der Waals surface area (Å²) in [6.07, 6.45) is 1.35. The number of carbonyl (C=O) groups excluding carboxylic acids is 2. The Hall–Kier alpha value is -2.87. The van der Waals surface area contributed by atoms with Crippen LogP contribution in [0.1, 0.15) is 12.5 Å². The highest BCUT2D eigenvalue weighted by Gasteiger charge is 2.17. The second kappa shape index (κ2) is 9.18. The molecule has 0 fully saturated rings. The maximum atomic E-state index is 12.1. The van der Waals surface area contributed by atoms with Crippen molar-refractivity contribution in [1.29, 1.82) is 0 Å². The third kappa shape index (κ3) is 6.74. The number of amides is 2. The number of sulfonamides is 1. The molecule has 0 heterocycles. The predicted molar refractivity (Wildman–Crippen MR) is 106 cm³/mol. The van der Waals surface area contributed by atoms with Gasteiger partial charge in [-0.15, -0.1) is 0 Å². The molecule has 0 spiro atoms. The van der Waals surface area contributed by atoms with Gasteiger partial charge in [0.1, 0.15) is 0 Å². The lowest BCUT2D eigenvalue weighted by Gasteiger charge is -2.23. The van der Waals surface area contributed by atoms with Crippen LogP contribution < -0.4 is 14.9 Å². The van der Waals surface area contributed by atoms with Crippen molar-refractivity contribution in [3.63, 3.8) is 0 Å². The maximum Gasteiger partial charge on any atom is 0.232 e. The number of nitrogens with zero attached hydrogens (tertiary/aromatic N) is 1. The van der Waals surface area contributed by atoms with Crippen molar-refractivity contribution in [2.24, 2.45) is 0 Å². The standard InChI is InChI=1S/C19H23N3O4S/c1-15(23)21-17-8-10-18(11-9-17)22(27(2,25)26)13-12-20-19(24)14-16-6-4-3-5-7-16/h3-11H,12-14H2,1-2H3,(H,20,24)(H,21,23). The third-order valence-corrected chi connectivity index (χ3v) is 4.91. The van der Waals surface area contributed by atoms with Crippen LogP contribution in [-0.2, 0) is 26.0 Å². The zero-order valence-electron chi connectivity index (χ0n) is 15.3. The Morgan fingerprint density at radius 2 is 1.63 bits per heavy atom. The molecule has 0 saturated carbocycles. The van der Waals surface area contributed by atoms with Crippen molar-refractivity contribution in [2.45, 2.75) is 13.3 Å². The molecule has 0 bridgehead atoms. The average Bonchev–Trinajstić information content (AvgIpc) is 2.59. The highest BCUT2D eigenvalue weighted by atomic mass is 32.2. The molecule has 0 saturated heterocycles. The second-order valence-electron chi connectivity index (χ2n) is 6.08. The number of hydrogen-bond donors (Lipinski definition) is 2. The molecule has 0 atom stereocenters. The summed E-state index contributed by atoms with van der Waals surface area (Å²) >= 11 is 0. The Morgan fingerprint density at radius 3 is 2.19 bits per heavy atom. The van der Waals surface area contributed by atoms with Crippen LogP contribution in [0.25, 0.3) is 0 Å². The second-order valence-corrected chi connectivity index (χ2v) is 7.98. The number of nitrogens with one attached hydrogen (secondary N) is 2. The molecular weight excluding hydrogens is 366 g/mol. The summed E-state index contributed by atoms with van der Waals surface area (Å²) in [5.41, 5.74) is 1.93. The van der Waals surface area contributed by atoms with Gasteiger partial charge in [0.05, 0.1) is 24.9 Å². The SMILES string of the molecule is CC(=O)Nc1ccc(N(CCNC(=O)Cc2ccccc2)S(C)(=O)=O)cc1. The topological polar surface area (TPSA) is 95.6 Å². The fourth-order valence-corrected chi connectivity index (χ4v) is 3.47. The molecule has 2 rings (SSSR count). The van der Waals surface area contributed by atoms with Crippen LogP contribution in [-0.4, -0.2) is 39.6 Å². The highest BCUT2D eigenvalue weighted by molar-refractivity contribution is 7.92. The number of hydrogen-bond acceptors (Lipinski definition) is 4. The number of carbonyl (C=O) groups is 2. The minimum atomic E-state index is -3.52. The lowest BCUT2D eigenvalue weighted by atomic mass is 10.1. The Kier molecular flexibility index (Phi) is 6.95. The summed E-state index contributed by atoms with van der Waals surface area (Å²) in [6.45, 7) is 1.69. The van der Waals surface area contributed by atoms with E-state index in [0.717, 1.165) is 11.8 Å². The first kappa shape index (κ1) is 20.4. The molecule has 0 aliphatic rings. The molecule has 0 unspecified atom stereocenters. The normalized spacial score (nSPS) is 10.9. The monoisotopic (exact) mass is 389 g/mol. The van der Waals surface area contributed by atoms with E-state index in [1.807, 2.05) is 30.3 Å². The van der Waals surface area contributed by atoms with Gasteiger partial charge >= 0.3 is 0 Å². The lowest BCUT2D eigenvalue weighted by Crippen LogP contribution is -2.38. The molecule has 8 heteroatoms. The van der Waals surface area contributed by atoms with Crippen LogP contribution in [0.2, 0.25) is 0 Å². The summed E-state index contributed by atoms with van der Waals surface area (Å²) < 4.78 is 25.4. The van der Waals surface area contributed by atoms with Crippen molar-refractivity contribution in [1.82, 2.24) is 5.32 Å². The van der Waals surface area contributed by atoms with Gasteiger partial charge in [-0.3, -0.25) is 13.9 Å². The third-order valence-electron chi connectivity index (χ3n) is 3.72. The highest BCUT2D eigenvalue weighted by Crippen LogP contribution is 2.20. The summed E-state index contributed by atoms with van der Waals surface area (Å²) in [7, 11) is -3.52. The van der Waals surface area contributed by atoms with E-state index in [2.05, 4.69) is 10.6 Å². The number of anilines is 2. The van der Waals surface area contributed by atoms with E-state index in [9.17, 15) is 18.0 Å². The minimum Gasteiger partial charge on any atom is -0.354 e. The molecule has 0 aliphatic carbocycles. The van der Waals surface area contributed by atoms with Crippen LogP contribution in [0.5, 0.6) is 0 Å². The smallest absolute Gasteiger partial charge is 0.232 e. The fraction of sp³-hybridized carbons (Fsp3) is 0.263. The quantitative estimate of drug-likeness (QED) is 0.719. The van der Waals surface area contributed by atoms with E-state index in [1.165, 1.54) is 11.2 Å². The van der Waals surface area contributed by atoms with Crippen molar-refractivity contribution in [2.75, 3.05) is 29.0 Å². The lowest BCUT2D eigenvalue weighted by molar-refractivity contribution is -0.120. The van der Waals surface area contributed by atoms with Crippen molar-refractivity contribution < 1.29 is 18.0 Å². The van der Waals surface area contributed by atoms with E-state index < -0.39 is 10.0 Å². The van der Waals surface area contributed by atoms with Crippen LogP contribution in [0.3, 0.4) is 0 Å². The van der Waals surface area contributed by atoms with E-state index in [4.69, 9.17) is 0 Å². The number of benzene rings is 2. The van der Waals surface area contributed by atoms with Crippen molar-refractivity contribution in [3.8, 4) is 0 Å². The molecule has 0 aromatic heterocycles. The summed E-state index contributed by atoms with van der Waals surface area (Å²) in [5.74, 6) is -0.375. The Morgan fingerprint density at radius 1 is 1.00 bits per heavy atom. The average molecular weight is 389 g/mol. The summed E-state index contributed by atoms with van der Waals surface area (Å²) in [5, 5.41) is 5.37. The van der Waals surface area contributed by atoms with Crippen LogP contribution in [0.4, 0.5) is 11.4 Å². The molecule has 2 aromatic carbocycles. The van der Waals surface area contributed by atoms with Crippen molar-refractivity contribution >= 4 is 33.2 Å². The van der Waals surface area contributed by atoms with E-state index in [0.29, 0.717) is 11.4 Å². The summed E-state index contributed by atoms with van der Waals surface area (Å²) in [4.78, 5) is 23.1. The van der Waals surface area contributed by atoms with E-state index in [-0.39, 0.29) is 31.3 Å². The van der Waals surface area contributed by atoms with E-state index >= 15 is 0 Å². The molecule has 2 amide bonds. The van der Waals surface area contributed by atoms with Gasteiger partial charge in [0.2, 0.25) is 21.8 Å². The van der Waals surface area contributed by atoms with Gasteiger partial charge < -0.3 is 10.6 Å². The fourth-order valence-electron chi connectivity index (χ4n) is 2.54. The molecule has 2 N–H and O–H groups in total. The van der Waals surface area contributed by atoms with Gasteiger partial charge in [-0.1, -0.05) is 30.3 Å². The van der Waals surface area contributed by atoms with Gasteiger partial charge in [-0.25, -0.2) is 8.42 Å². The Balaban J connectivity index is 1.97. The molecular formula is C19H23N3O4S. The largest absolute Gasteiger partial charge is 0.354 e. The first-order valence-electron chi connectivity index (χ1n) is 8.41. The molecule has 7 nitrogen and oxygen atoms in total. The number of rotatable bonds is 8. The maximum absolute atomic E-state index is 12.1. The predicted octanol–water partition coefficient (Wildman–Crippen LogP) is 1.77. The van der Waals surface area contributed by atoms with Gasteiger partial charge in [0.15, 0.2) is 0 Å². The Labute approximate surface area is 159 Å². The van der Waals surface area contributed by atoms with Gasteiger partial charge in [0.25, 0.3) is 0 Å². The first-order valence-corrected chi connectivity index (χ1v) is 10.3. The summed E-state index contributed by atoms with van der Waals surface area (Å²) in [6, 6.07) is 15.8. The van der Waals surface area contributed by atoms with Crippen molar-refractivity contribution in [3.05, 3.63) is 60.2 Å². The molecule has 2 aromatic rings. The van der Waals surface area contributed by atoms with Gasteiger partial charge in [-0.2, -0.15) is 0 Å². The zero-order valence-corrected chi connectivity index (χ0v) is 16.1. The molecule has 0 aliphatic heterocycles.